The van der Waals surface area contributed by atoms with E-state index in [2.05, 4.69) is 15.4 Å². The summed E-state index contributed by atoms with van der Waals surface area (Å²) in [5.41, 5.74) is 1.70. The molecule has 0 spiro atoms. The largest absolute Gasteiger partial charge is 0.515 e. The number of aromatic nitrogens is 4. The predicted octanol–water partition coefficient (Wildman–Crippen LogP) is 6.07. The third-order valence-corrected chi connectivity index (χ3v) is 6.87. The summed E-state index contributed by atoms with van der Waals surface area (Å²) in [7, 11) is 0. The van der Waals surface area contributed by atoms with Crippen molar-refractivity contribution in [2.75, 3.05) is 5.32 Å². The molecule has 0 radical (unpaired) electrons. The predicted molar refractivity (Wildman–Crippen MR) is 156 cm³/mol. The van der Waals surface area contributed by atoms with Crippen LogP contribution in [0.15, 0.2) is 65.8 Å². The molecule has 214 valence electrons. The van der Waals surface area contributed by atoms with Crippen LogP contribution in [-0.4, -0.2) is 30.3 Å². The van der Waals surface area contributed by atoms with Crippen molar-refractivity contribution in [1.29, 1.82) is 0 Å². The second-order valence-electron chi connectivity index (χ2n) is 9.67. The quantitative estimate of drug-likeness (QED) is 0.174. The summed E-state index contributed by atoms with van der Waals surface area (Å²) in [6.45, 7) is 7.78. The average Bonchev–Trinajstić information content (AvgIpc) is 3.26. The summed E-state index contributed by atoms with van der Waals surface area (Å²) in [6.07, 6.45) is 2.38. The molecule has 11 heteroatoms. The maximum atomic E-state index is 15.7. The molecule has 2 aromatic carbocycles. The van der Waals surface area contributed by atoms with Gasteiger partial charge < -0.3 is 15.2 Å². The lowest BCUT2D eigenvalue weighted by Crippen LogP contribution is -2.25. The van der Waals surface area contributed by atoms with Gasteiger partial charge in [-0.25, -0.2) is 14.2 Å². The number of hydrogen-bond acceptors (Lipinski definition) is 6. The van der Waals surface area contributed by atoms with Gasteiger partial charge in [-0.15, -0.1) is 5.10 Å². The number of pyridine rings is 1. The SMILES string of the molecule is CCn1c(COCc2ccccc2)nn(-c2cc(/C(=C/O)C(C)C)c(C(=O)Nc3c(C)ccnc3Cl)cc2F)c1=O. The van der Waals surface area contributed by atoms with Crippen molar-refractivity contribution in [2.24, 2.45) is 5.92 Å². The number of ether oxygens (including phenoxy) is 1. The molecule has 0 unspecified atom stereocenters. The van der Waals surface area contributed by atoms with Crippen LogP contribution >= 0.6 is 11.6 Å². The van der Waals surface area contributed by atoms with Gasteiger partial charge in [0.2, 0.25) is 0 Å². The fourth-order valence-corrected chi connectivity index (χ4v) is 4.64. The van der Waals surface area contributed by atoms with Gasteiger partial charge in [0.05, 0.1) is 24.1 Å². The first-order valence-electron chi connectivity index (χ1n) is 13.1. The van der Waals surface area contributed by atoms with E-state index in [4.69, 9.17) is 16.3 Å². The van der Waals surface area contributed by atoms with Gasteiger partial charge in [0, 0.05) is 12.7 Å². The number of amides is 1. The highest BCUT2D eigenvalue weighted by Gasteiger charge is 2.24. The van der Waals surface area contributed by atoms with Gasteiger partial charge in [0.15, 0.2) is 11.0 Å². The van der Waals surface area contributed by atoms with Crippen LogP contribution in [0.25, 0.3) is 11.3 Å². The van der Waals surface area contributed by atoms with Gasteiger partial charge in [0.1, 0.15) is 18.1 Å². The number of carbonyl (C=O) groups is 1. The Hall–Kier alpha value is -4.28. The Morgan fingerprint density at radius 1 is 1.17 bits per heavy atom. The second-order valence-corrected chi connectivity index (χ2v) is 10.0. The van der Waals surface area contributed by atoms with E-state index >= 15 is 4.39 Å². The molecule has 2 N–H and O–H groups in total. The molecule has 0 bridgehead atoms. The number of allylic oxidation sites excluding steroid dienone is 1. The number of nitrogens with zero attached hydrogens (tertiary/aromatic N) is 4. The van der Waals surface area contributed by atoms with E-state index < -0.39 is 17.4 Å². The molecule has 0 aliphatic carbocycles. The van der Waals surface area contributed by atoms with E-state index in [-0.39, 0.29) is 46.7 Å². The first kappa shape index (κ1) is 29.7. The van der Waals surface area contributed by atoms with E-state index in [0.717, 1.165) is 22.6 Å². The Morgan fingerprint density at radius 3 is 2.54 bits per heavy atom. The van der Waals surface area contributed by atoms with Crippen LogP contribution in [0, 0.1) is 18.7 Å². The van der Waals surface area contributed by atoms with Gasteiger partial charge in [0.25, 0.3) is 5.91 Å². The highest BCUT2D eigenvalue weighted by Crippen LogP contribution is 2.31. The number of hydrogen-bond donors (Lipinski definition) is 2. The molecule has 41 heavy (non-hydrogen) atoms. The fourth-order valence-electron chi connectivity index (χ4n) is 4.39. The van der Waals surface area contributed by atoms with E-state index in [1.807, 2.05) is 44.2 Å². The number of benzene rings is 2. The van der Waals surface area contributed by atoms with Gasteiger partial charge >= 0.3 is 5.69 Å². The van der Waals surface area contributed by atoms with Gasteiger partial charge in [-0.2, -0.15) is 4.68 Å². The summed E-state index contributed by atoms with van der Waals surface area (Å²) in [4.78, 5) is 30.7. The monoisotopic (exact) mass is 579 g/mol. The van der Waals surface area contributed by atoms with Crippen LogP contribution in [-0.2, 0) is 24.5 Å². The van der Waals surface area contributed by atoms with E-state index in [0.29, 0.717) is 23.6 Å². The Labute approximate surface area is 241 Å². The normalized spacial score (nSPS) is 11.7. The average molecular weight is 580 g/mol. The van der Waals surface area contributed by atoms with Crippen LogP contribution in [0.3, 0.4) is 0 Å². The first-order valence-corrected chi connectivity index (χ1v) is 13.4. The van der Waals surface area contributed by atoms with Crippen molar-refractivity contribution in [2.45, 2.75) is 47.5 Å². The Morgan fingerprint density at radius 2 is 1.90 bits per heavy atom. The van der Waals surface area contributed by atoms with Crippen LogP contribution < -0.4 is 11.0 Å². The molecule has 1 amide bonds. The highest BCUT2D eigenvalue weighted by atomic mass is 35.5. The maximum absolute atomic E-state index is 15.7. The van der Waals surface area contributed by atoms with Crippen molar-refractivity contribution in [3.63, 3.8) is 0 Å². The molecule has 2 heterocycles. The summed E-state index contributed by atoms with van der Waals surface area (Å²) < 4.78 is 23.8. The minimum Gasteiger partial charge on any atom is -0.515 e. The molecule has 2 aromatic heterocycles. The highest BCUT2D eigenvalue weighted by molar-refractivity contribution is 6.33. The lowest BCUT2D eigenvalue weighted by Gasteiger charge is -2.18. The number of aryl methyl sites for hydroxylation is 1. The molecular weight excluding hydrogens is 549 g/mol. The zero-order chi connectivity index (χ0) is 29.7. The number of halogens is 2. The van der Waals surface area contributed by atoms with Crippen molar-refractivity contribution in [3.05, 3.63) is 111 Å². The number of carbonyl (C=O) groups excluding carboxylic acids is 1. The fraction of sp³-hybridized carbons (Fsp3) is 0.267. The number of anilines is 1. The first-order chi connectivity index (χ1) is 19.7. The Bertz CT molecular complexity index is 1630. The third kappa shape index (κ3) is 6.39. The van der Waals surface area contributed by atoms with Gasteiger partial charge in [-0.05, 0) is 60.2 Å². The van der Waals surface area contributed by atoms with Crippen molar-refractivity contribution < 1.29 is 19.0 Å². The molecule has 0 aliphatic heterocycles. The minimum absolute atomic E-state index is 0.0267. The molecule has 0 fully saturated rings. The van der Waals surface area contributed by atoms with E-state index in [9.17, 15) is 14.7 Å². The molecule has 0 aliphatic rings. The molecule has 4 rings (SSSR count). The lowest BCUT2D eigenvalue weighted by atomic mass is 9.91. The van der Waals surface area contributed by atoms with Crippen molar-refractivity contribution in [1.82, 2.24) is 19.3 Å². The Kier molecular flexibility index (Phi) is 9.36. The second kappa shape index (κ2) is 12.9. The molecule has 0 saturated carbocycles. The molecular formula is C30H31ClFN5O4. The summed E-state index contributed by atoms with van der Waals surface area (Å²) >= 11 is 6.19. The minimum atomic E-state index is -0.853. The van der Waals surface area contributed by atoms with Crippen molar-refractivity contribution in [3.8, 4) is 5.69 Å². The number of aliphatic hydroxyl groups excluding tert-OH is 1. The van der Waals surface area contributed by atoms with Gasteiger partial charge in [-0.3, -0.25) is 9.36 Å². The van der Waals surface area contributed by atoms with Crippen LogP contribution in [0.1, 0.15) is 53.6 Å². The molecule has 4 aromatic rings. The number of aliphatic hydroxyl groups is 1. The zero-order valence-corrected chi connectivity index (χ0v) is 23.9. The smallest absolute Gasteiger partial charge is 0.350 e. The van der Waals surface area contributed by atoms with Gasteiger partial charge in [-0.1, -0.05) is 55.8 Å². The maximum Gasteiger partial charge on any atom is 0.350 e. The van der Waals surface area contributed by atoms with E-state index in [1.165, 1.54) is 16.8 Å². The van der Waals surface area contributed by atoms with E-state index in [1.54, 1.807) is 19.9 Å². The summed E-state index contributed by atoms with van der Waals surface area (Å²) in [5, 5.41) is 17.2. The molecule has 0 atom stereocenters. The summed E-state index contributed by atoms with van der Waals surface area (Å²) in [6, 6.07) is 13.6. The number of rotatable bonds is 10. The molecule has 0 saturated heterocycles. The topological polar surface area (TPSA) is 111 Å². The zero-order valence-electron chi connectivity index (χ0n) is 23.2. The third-order valence-electron chi connectivity index (χ3n) is 6.58. The van der Waals surface area contributed by atoms with Crippen LogP contribution in [0.4, 0.5) is 10.1 Å². The Balaban J connectivity index is 1.76. The van der Waals surface area contributed by atoms with Crippen LogP contribution in [0.2, 0.25) is 5.15 Å². The number of nitrogens with one attached hydrogen (secondary N) is 1. The van der Waals surface area contributed by atoms with Crippen LogP contribution in [0.5, 0.6) is 0 Å². The summed E-state index contributed by atoms with van der Waals surface area (Å²) in [5.74, 6) is -1.45. The molecule has 9 nitrogen and oxygen atoms in total. The van der Waals surface area contributed by atoms with Crippen molar-refractivity contribution >= 4 is 28.8 Å². The lowest BCUT2D eigenvalue weighted by molar-refractivity contribution is 0.0989. The standard InChI is InChI=1S/C30H31ClFN5O4/c1-5-36-26(17-41-16-20-9-7-6-8-10-20)35-37(30(36)40)25-14-21(23(15-38)18(2)3)22(13-24(25)32)29(39)34-27-19(4)11-12-33-28(27)31/h6-15,18,38H,5,16-17H2,1-4H3,(H,34,39)/b23-15+.